The molecule has 2 heterocycles. The molecule has 0 radical (unpaired) electrons. The van der Waals surface area contributed by atoms with E-state index in [4.69, 9.17) is 0 Å². The van der Waals surface area contributed by atoms with Crippen LogP contribution < -0.4 is 10.2 Å². The van der Waals surface area contributed by atoms with Crippen LogP contribution >= 0.6 is 0 Å². The summed E-state index contributed by atoms with van der Waals surface area (Å²) in [5, 5.41) is 13.6. The molecule has 0 atom stereocenters. The van der Waals surface area contributed by atoms with E-state index in [0.717, 1.165) is 29.3 Å². The normalized spacial score (nSPS) is 24.0. The van der Waals surface area contributed by atoms with Gasteiger partial charge < -0.3 is 5.11 Å². The third kappa shape index (κ3) is 2.43. The minimum atomic E-state index is -0.394. The number of nitrogens with zero attached hydrogens (tertiary/aromatic N) is 2. The van der Waals surface area contributed by atoms with Crippen molar-refractivity contribution >= 4 is 28.4 Å². The van der Waals surface area contributed by atoms with Gasteiger partial charge in [0, 0.05) is 36.5 Å². The first-order valence-corrected chi connectivity index (χ1v) is 8.26. The summed E-state index contributed by atoms with van der Waals surface area (Å²) in [6.07, 6.45) is 5.78. The molecular formula is C18H19N3O3. The predicted molar refractivity (Wildman–Crippen MR) is 89.8 cm³/mol. The summed E-state index contributed by atoms with van der Waals surface area (Å²) in [6.45, 7) is 0.610. The van der Waals surface area contributed by atoms with Gasteiger partial charge in [0.25, 0.3) is 0 Å². The van der Waals surface area contributed by atoms with Gasteiger partial charge in [-0.1, -0.05) is 18.2 Å². The molecule has 0 spiro atoms. The van der Waals surface area contributed by atoms with E-state index in [1.54, 1.807) is 11.1 Å². The maximum Gasteiger partial charge on any atom is 0.328 e. The van der Waals surface area contributed by atoms with Crippen LogP contribution in [0.5, 0.6) is 0 Å². The van der Waals surface area contributed by atoms with Crippen LogP contribution in [0.3, 0.4) is 0 Å². The summed E-state index contributed by atoms with van der Waals surface area (Å²) in [5.41, 5.74) is 1.96. The number of carbonyl (C=O) groups is 2. The van der Waals surface area contributed by atoms with Gasteiger partial charge in [0.2, 0.25) is 5.91 Å². The number of urea groups is 1. The number of aliphatic hydroxyl groups excluding tert-OH is 1. The lowest BCUT2D eigenvalue weighted by Gasteiger charge is -2.35. The number of imide groups is 1. The lowest BCUT2D eigenvalue weighted by Crippen LogP contribution is -2.49. The van der Waals surface area contributed by atoms with E-state index in [-0.39, 0.29) is 12.5 Å². The number of aliphatic hydroxyl groups is 1. The summed E-state index contributed by atoms with van der Waals surface area (Å²) in [4.78, 5) is 29.4. The Labute approximate surface area is 139 Å². The first kappa shape index (κ1) is 15.1. The predicted octanol–water partition coefficient (Wildman–Crippen LogP) is 2.17. The van der Waals surface area contributed by atoms with Crippen molar-refractivity contribution in [3.8, 4) is 0 Å². The fraction of sp³-hybridized carbons (Fsp3) is 0.389. The standard InChI is InChI=1S/C18H19N3O3/c22-10-11-6-12(7-11)13-2-1-3-14-15(13)8-19-9-16(14)21-5-4-17(23)20-18(21)24/h1-3,8-9,11-12,22H,4-7,10H2,(H,20,23,24)/t11-,12+. The SMILES string of the molecule is O=C1CCN(c2cncc3c2cccc3[C@H]2C[C@@H](CO)C2)C(=O)N1. The zero-order chi connectivity index (χ0) is 16.7. The van der Waals surface area contributed by atoms with Crippen LogP contribution in [-0.2, 0) is 4.79 Å². The number of nitrogens with one attached hydrogen (secondary N) is 1. The second-order valence-corrected chi connectivity index (χ2v) is 6.57. The molecule has 6 heteroatoms. The Hall–Kier alpha value is -2.47. The van der Waals surface area contributed by atoms with Crippen molar-refractivity contribution in [1.82, 2.24) is 10.3 Å². The van der Waals surface area contributed by atoms with E-state index in [9.17, 15) is 14.7 Å². The van der Waals surface area contributed by atoms with Crippen molar-refractivity contribution in [3.63, 3.8) is 0 Å². The number of rotatable bonds is 3. The van der Waals surface area contributed by atoms with Crippen molar-refractivity contribution in [2.45, 2.75) is 25.2 Å². The van der Waals surface area contributed by atoms with Crippen molar-refractivity contribution in [1.29, 1.82) is 0 Å². The van der Waals surface area contributed by atoms with Crippen molar-refractivity contribution in [2.75, 3.05) is 18.1 Å². The van der Waals surface area contributed by atoms with Crippen LogP contribution in [0.15, 0.2) is 30.6 Å². The fourth-order valence-corrected chi connectivity index (χ4v) is 3.71. The Morgan fingerprint density at radius 1 is 1.21 bits per heavy atom. The molecule has 2 fully saturated rings. The molecule has 1 saturated carbocycles. The largest absolute Gasteiger partial charge is 0.396 e. The quantitative estimate of drug-likeness (QED) is 0.906. The highest BCUT2D eigenvalue weighted by atomic mass is 16.3. The number of amides is 3. The minimum Gasteiger partial charge on any atom is -0.396 e. The van der Waals surface area contributed by atoms with E-state index < -0.39 is 6.03 Å². The average Bonchev–Trinajstić information content (AvgIpc) is 2.54. The van der Waals surface area contributed by atoms with Gasteiger partial charge in [-0.05, 0) is 30.2 Å². The number of fused-ring (bicyclic) bond motifs is 1. The molecule has 4 rings (SSSR count). The Kier molecular flexibility index (Phi) is 3.69. The molecule has 1 aliphatic carbocycles. The van der Waals surface area contributed by atoms with Gasteiger partial charge in [0.15, 0.2) is 0 Å². The van der Waals surface area contributed by atoms with Gasteiger partial charge in [0.05, 0.1) is 11.9 Å². The van der Waals surface area contributed by atoms with Crippen molar-refractivity contribution in [2.24, 2.45) is 5.92 Å². The first-order chi connectivity index (χ1) is 11.7. The third-order valence-electron chi connectivity index (χ3n) is 5.09. The molecule has 124 valence electrons. The lowest BCUT2D eigenvalue weighted by atomic mass is 9.71. The summed E-state index contributed by atoms with van der Waals surface area (Å²) in [5.74, 6) is 0.578. The molecule has 1 aliphatic heterocycles. The molecular weight excluding hydrogens is 306 g/mol. The number of hydrogen-bond donors (Lipinski definition) is 2. The number of anilines is 1. The molecule has 2 aliphatic rings. The zero-order valence-electron chi connectivity index (χ0n) is 13.2. The number of pyridine rings is 1. The van der Waals surface area contributed by atoms with Crippen molar-refractivity contribution in [3.05, 3.63) is 36.2 Å². The second kappa shape index (κ2) is 5.87. The van der Waals surface area contributed by atoms with Crippen LogP contribution in [0, 0.1) is 5.92 Å². The highest BCUT2D eigenvalue weighted by molar-refractivity contribution is 6.10. The van der Waals surface area contributed by atoms with Crippen LogP contribution in [0.1, 0.15) is 30.7 Å². The molecule has 2 N–H and O–H groups in total. The maximum atomic E-state index is 12.2. The average molecular weight is 325 g/mol. The van der Waals surface area contributed by atoms with E-state index in [2.05, 4.69) is 16.4 Å². The number of benzene rings is 1. The Bertz CT molecular complexity index is 814. The van der Waals surface area contributed by atoms with Gasteiger partial charge in [-0.2, -0.15) is 0 Å². The summed E-state index contributed by atoms with van der Waals surface area (Å²) in [6, 6.07) is 5.70. The highest BCUT2D eigenvalue weighted by Gasteiger charge is 2.31. The van der Waals surface area contributed by atoms with Gasteiger partial charge in [-0.3, -0.25) is 20.0 Å². The zero-order valence-corrected chi connectivity index (χ0v) is 13.2. The monoisotopic (exact) mass is 325 g/mol. The Morgan fingerprint density at radius 3 is 2.79 bits per heavy atom. The van der Waals surface area contributed by atoms with E-state index in [1.165, 1.54) is 5.56 Å². The summed E-state index contributed by atoms with van der Waals surface area (Å²) < 4.78 is 0. The summed E-state index contributed by atoms with van der Waals surface area (Å²) >= 11 is 0. The van der Waals surface area contributed by atoms with Gasteiger partial charge in [0.1, 0.15) is 0 Å². The van der Waals surface area contributed by atoms with E-state index in [1.807, 2.05) is 18.3 Å². The van der Waals surface area contributed by atoms with E-state index >= 15 is 0 Å². The van der Waals surface area contributed by atoms with Crippen molar-refractivity contribution < 1.29 is 14.7 Å². The smallest absolute Gasteiger partial charge is 0.328 e. The van der Waals surface area contributed by atoms with Crippen LogP contribution in [0.4, 0.5) is 10.5 Å². The number of hydrogen-bond acceptors (Lipinski definition) is 4. The molecule has 1 saturated heterocycles. The second-order valence-electron chi connectivity index (χ2n) is 6.57. The minimum absolute atomic E-state index is 0.241. The topological polar surface area (TPSA) is 82.5 Å². The Balaban J connectivity index is 1.73. The molecule has 2 aromatic rings. The molecule has 1 aromatic carbocycles. The molecule has 0 unspecified atom stereocenters. The van der Waals surface area contributed by atoms with Crippen LogP contribution in [0.25, 0.3) is 10.8 Å². The maximum absolute atomic E-state index is 12.2. The van der Waals surface area contributed by atoms with Gasteiger partial charge in [-0.25, -0.2) is 4.79 Å². The fourth-order valence-electron chi connectivity index (χ4n) is 3.71. The number of carbonyl (C=O) groups excluding carboxylic acids is 2. The molecule has 6 nitrogen and oxygen atoms in total. The van der Waals surface area contributed by atoms with E-state index in [0.29, 0.717) is 24.8 Å². The van der Waals surface area contributed by atoms with Crippen LogP contribution in [-0.4, -0.2) is 35.2 Å². The number of aromatic nitrogens is 1. The van der Waals surface area contributed by atoms with Crippen LogP contribution in [0.2, 0.25) is 0 Å². The van der Waals surface area contributed by atoms with Gasteiger partial charge >= 0.3 is 6.03 Å². The first-order valence-electron chi connectivity index (χ1n) is 8.26. The summed E-state index contributed by atoms with van der Waals surface area (Å²) in [7, 11) is 0. The molecule has 3 amide bonds. The molecule has 1 aromatic heterocycles. The molecule has 24 heavy (non-hydrogen) atoms. The highest BCUT2D eigenvalue weighted by Crippen LogP contribution is 2.44. The van der Waals surface area contributed by atoms with Gasteiger partial charge in [-0.15, -0.1) is 0 Å². The Morgan fingerprint density at radius 2 is 2.04 bits per heavy atom. The molecule has 0 bridgehead atoms. The lowest BCUT2D eigenvalue weighted by molar-refractivity contribution is -0.120. The third-order valence-corrected chi connectivity index (χ3v) is 5.09.